The van der Waals surface area contributed by atoms with Gasteiger partial charge in [0.05, 0.1) is 11.0 Å². The summed E-state index contributed by atoms with van der Waals surface area (Å²) in [5, 5.41) is 13.7. The minimum absolute atomic E-state index is 0.0190. The summed E-state index contributed by atoms with van der Waals surface area (Å²) in [5.41, 5.74) is -1.79. The number of pyridine rings is 1. The molecule has 116 valence electrons. The van der Waals surface area contributed by atoms with Crippen molar-refractivity contribution in [3.63, 3.8) is 0 Å². The van der Waals surface area contributed by atoms with Crippen molar-refractivity contribution in [2.75, 3.05) is 12.4 Å². The van der Waals surface area contributed by atoms with E-state index in [0.29, 0.717) is 25.1 Å². The van der Waals surface area contributed by atoms with E-state index in [2.05, 4.69) is 10.3 Å². The van der Waals surface area contributed by atoms with Crippen LogP contribution >= 0.6 is 0 Å². The summed E-state index contributed by atoms with van der Waals surface area (Å²) >= 11 is 0. The smallest absolute Gasteiger partial charge is 0.381 e. The molecule has 2 rings (SSSR count). The Morgan fingerprint density at radius 2 is 2.19 bits per heavy atom. The second-order valence-corrected chi connectivity index (χ2v) is 4.85. The number of nitrogens with one attached hydrogen (secondary N) is 1. The molecule has 1 aromatic heterocycles. The summed E-state index contributed by atoms with van der Waals surface area (Å²) in [7, 11) is 1.56. The molecule has 0 amide bonds. The van der Waals surface area contributed by atoms with Gasteiger partial charge in [-0.15, -0.1) is 0 Å². The lowest BCUT2D eigenvalue weighted by Gasteiger charge is -2.15. The molecular weight excluding hydrogens is 291 g/mol. The van der Waals surface area contributed by atoms with Crippen LogP contribution in [0.5, 0.6) is 0 Å². The van der Waals surface area contributed by atoms with Crippen LogP contribution in [0.4, 0.5) is 24.5 Å². The van der Waals surface area contributed by atoms with Crippen molar-refractivity contribution in [2.24, 2.45) is 0 Å². The second kappa shape index (κ2) is 5.84. The van der Waals surface area contributed by atoms with Crippen LogP contribution in [0.3, 0.4) is 0 Å². The number of hydrogen-bond acceptors (Lipinski definition) is 5. The number of nitrogens with zero attached hydrogens (tertiary/aromatic N) is 2. The average molecular weight is 305 g/mol. The lowest BCUT2D eigenvalue weighted by Crippen LogP contribution is -2.19. The van der Waals surface area contributed by atoms with Crippen LogP contribution in [-0.4, -0.2) is 29.2 Å². The Kier molecular flexibility index (Phi) is 4.31. The molecule has 1 aliphatic rings. The molecule has 0 radical (unpaired) electrons. The van der Waals surface area contributed by atoms with Crippen molar-refractivity contribution in [3.05, 3.63) is 28.1 Å². The van der Waals surface area contributed by atoms with Crippen molar-refractivity contribution in [3.8, 4) is 0 Å². The normalized spacial score (nSPS) is 22.3. The molecule has 0 saturated heterocycles. The summed E-state index contributed by atoms with van der Waals surface area (Å²) in [6.07, 6.45) is -1.95. The van der Waals surface area contributed by atoms with E-state index in [-0.39, 0.29) is 17.8 Å². The highest BCUT2D eigenvalue weighted by molar-refractivity contribution is 5.61. The maximum atomic E-state index is 12.7. The Bertz CT molecular complexity index is 536. The molecule has 1 fully saturated rings. The van der Waals surface area contributed by atoms with Gasteiger partial charge in [0.1, 0.15) is 17.6 Å². The van der Waals surface area contributed by atoms with Gasteiger partial charge in [-0.2, -0.15) is 13.2 Å². The molecule has 0 aliphatic heterocycles. The number of methoxy groups -OCH3 is 1. The summed E-state index contributed by atoms with van der Waals surface area (Å²) in [6, 6.07) is 0.523. The summed E-state index contributed by atoms with van der Waals surface area (Å²) in [6.45, 7) is 0. The van der Waals surface area contributed by atoms with Crippen molar-refractivity contribution < 1.29 is 22.8 Å². The first-order valence-electron chi connectivity index (χ1n) is 6.32. The molecule has 0 aromatic carbocycles. The van der Waals surface area contributed by atoms with Crippen molar-refractivity contribution in [1.29, 1.82) is 0 Å². The lowest BCUT2D eigenvalue weighted by molar-refractivity contribution is -0.384. The van der Waals surface area contributed by atoms with Crippen LogP contribution in [0.2, 0.25) is 0 Å². The molecule has 1 aromatic rings. The Hall–Kier alpha value is -1.90. The molecule has 2 unspecified atom stereocenters. The highest BCUT2D eigenvalue weighted by Crippen LogP contribution is 2.34. The topological polar surface area (TPSA) is 77.3 Å². The third-order valence-corrected chi connectivity index (χ3v) is 3.45. The molecular formula is C12H14F3N3O3. The Balaban J connectivity index is 2.25. The Morgan fingerprint density at radius 1 is 1.48 bits per heavy atom. The first-order chi connectivity index (χ1) is 9.81. The monoisotopic (exact) mass is 305 g/mol. The lowest BCUT2D eigenvalue weighted by atomic mass is 10.2. The fourth-order valence-electron chi connectivity index (χ4n) is 2.37. The Labute approximate surface area is 118 Å². The number of anilines is 1. The summed E-state index contributed by atoms with van der Waals surface area (Å²) in [4.78, 5) is 13.3. The van der Waals surface area contributed by atoms with Gasteiger partial charge in [-0.05, 0) is 25.3 Å². The number of ether oxygens (including phenoxy) is 1. The Morgan fingerprint density at radius 3 is 2.71 bits per heavy atom. The molecule has 1 aliphatic carbocycles. The van der Waals surface area contributed by atoms with Crippen LogP contribution in [0.15, 0.2) is 12.3 Å². The first kappa shape index (κ1) is 15.5. The number of halogens is 3. The largest absolute Gasteiger partial charge is 0.433 e. The van der Waals surface area contributed by atoms with Crippen LogP contribution in [0.1, 0.15) is 25.0 Å². The molecule has 1 N–H and O–H groups in total. The van der Waals surface area contributed by atoms with Crippen LogP contribution < -0.4 is 5.32 Å². The third kappa shape index (κ3) is 3.60. The number of rotatable bonds is 4. The fourth-order valence-corrected chi connectivity index (χ4v) is 2.37. The molecule has 1 saturated carbocycles. The quantitative estimate of drug-likeness (QED) is 0.683. The van der Waals surface area contributed by atoms with E-state index in [0.717, 1.165) is 6.42 Å². The van der Waals surface area contributed by atoms with Gasteiger partial charge in [0.15, 0.2) is 0 Å². The van der Waals surface area contributed by atoms with E-state index < -0.39 is 22.5 Å². The fraction of sp³-hybridized carbons (Fsp3) is 0.583. The van der Waals surface area contributed by atoms with Gasteiger partial charge < -0.3 is 10.1 Å². The molecule has 9 heteroatoms. The van der Waals surface area contributed by atoms with Gasteiger partial charge in [0, 0.05) is 13.2 Å². The van der Waals surface area contributed by atoms with Gasteiger partial charge in [-0.3, -0.25) is 10.1 Å². The summed E-state index contributed by atoms with van der Waals surface area (Å²) in [5.74, 6) is 0. The molecule has 0 spiro atoms. The minimum Gasteiger partial charge on any atom is -0.381 e. The third-order valence-electron chi connectivity index (χ3n) is 3.45. The van der Waals surface area contributed by atoms with E-state index in [4.69, 9.17) is 4.74 Å². The zero-order valence-corrected chi connectivity index (χ0v) is 11.2. The predicted molar refractivity (Wildman–Crippen MR) is 68.0 cm³/mol. The zero-order chi connectivity index (χ0) is 15.6. The van der Waals surface area contributed by atoms with Crippen LogP contribution in [0, 0.1) is 10.1 Å². The highest BCUT2D eigenvalue weighted by Gasteiger charge is 2.35. The maximum Gasteiger partial charge on any atom is 0.433 e. The number of aromatic nitrogens is 1. The molecule has 6 nitrogen and oxygen atoms in total. The van der Waals surface area contributed by atoms with E-state index >= 15 is 0 Å². The van der Waals surface area contributed by atoms with Crippen LogP contribution in [-0.2, 0) is 10.9 Å². The van der Waals surface area contributed by atoms with Gasteiger partial charge >= 0.3 is 11.9 Å². The van der Waals surface area contributed by atoms with Gasteiger partial charge in [-0.1, -0.05) is 0 Å². The molecule has 1 heterocycles. The van der Waals surface area contributed by atoms with Crippen LogP contribution in [0.25, 0.3) is 0 Å². The molecule has 0 bridgehead atoms. The summed E-state index contributed by atoms with van der Waals surface area (Å²) < 4.78 is 43.1. The molecule has 21 heavy (non-hydrogen) atoms. The van der Waals surface area contributed by atoms with E-state index in [1.807, 2.05) is 0 Å². The van der Waals surface area contributed by atoms with Gasteiger partial charge in [0.25, 0.3) is 0 Å². The highest BCUT2D eigenvalue weighted by atomic mass is 19.4. The van der Waals surface area contributed by atoms with Crippen molar-refractivity contribution >= 4 is 11.4 Å². The zero-order valence-electron chi connectivity index (χ0n) is 11.2. The standard InChI is InChI=1S/C12H14F3N3O3/c1-21-8-3-2-7(4-8)17-9-5-11(12(13,14)15)16-6-10(9)18(19)20/h5-8H,2-4H2,1H3,(H,16,17). The van der Waals surface area contributed by atoms with E-state index in [9.17, 15) is 23.3 Å². The predicted octanol–water partition coefficient (Wildman–Crippen LogP) is 2.99. The molecule has 2 atom stereocenters. The van der Waals surface area contributed by atoms with Crippen molar-refractivity contribution in [1.82, 2.24) is 4.98 Å². The number of hydrogen-bond donors (Lipinski definition) is 1. The minimum atomic E-state index is -4.64. The van der Waals surface area contributed by atoms with E-state index in [1.54, 1.807) is 7.11 Å². The number of nitro groups is 1. The average Bonchev–Trinajstić information content (AvgIpc) is 2.85. The number of alkyl halides is 3. The first-order valence-corrected chi connectivity index (χ1v) is 6.32. The maximum absolute atomic E-state index is 12.7. The van der Waals surface area contributed by atoms with Crippen molar-refractivity contribution in [2.45, 2.75) is 37.6 Å². The SMILES string of the molecule is COC1CCC(Nc2cc(C(F)(F)F)ncc2[N+](=O)[O-])C1. The van der Waals surface area contributed by atoms with Gasteiger partial charge in [0.2, 0.25) is 0 Å². The second-order valence-electron chi connectivity index (χ2n) is 4.85. The van der Waals surface area contributed by atoms with Gasteiger partial charge in [-0.25, -0.2) is 4.98 Å². The van der Waals surface area contributed by atoms with E-state index in [1.165, 1.54) is 0 Å².